The maximum atomic E-state index is 11.9. The first kappa shape index (κ1) is 15.4. The van der Waals surface area contributed by atoms with E-state index in [-0.39, 0.29) is 12.2 Å². The average molecular weight is 273 g/mol. The van der Waals surface area contributed by atoms with Crippen molar-refractivity contribution in [3.63, 3.8) is 0 Å². The van der Waals surface area contributed by atoms with E-state index in [1.165, 1.54) is 6.07 Å². The van der Waals surface area contributed by atoms with Crippen LogP contribution in [0.25, 0.3) is 0 Å². The van der Waals surface area contributed by atoms with Crippen molar-refractivity contribution in [2.45, 2.75) is 19.8 Å². The highest BCUT2D eigenvalue weighted by Gasteiger charge is 2.16. The van der Waals surface area contributed by atoms with Gasteiger partial charge in [0.1, 0.15) is 24.0 Å². The molecule has 104 valence electrons. The first-order valence-electron chi connectivity index (χ1n) is 6.26. The molecule has 1 aromatic carbocycles. The summed E-state index contributed by atoms with van der Waals surface area (Å²) in [5.74, 6) is 2.09. The van der Waals surface area contributed by atoms with Crippen LogP contribution in [0.3, 0.4) is 0 Å². The minimum absolute atomic E-state index is 0.0578. The van der Waals surface area contributed by atoms with Crippen molar-refractivity contribution in [1.82, 2.24) is 4.91 Å². The Labute approximate surface area is 117 Å². The molecular formula is C14H17N4O2+. The fraction of sp³-hybridized carbons (Fsp3) is 0.357. The number of benzene rings is 1. The first-order chi connectivity index (χ1) is 9.69. The fourth-order valence-corrected chi connectivity index (χ4v) is 1.36. The molecule has 0 radical (unpaired) electrons. The third kappa shape index (κ3) is 4.92. The molecular weight excluding hydrogens is 256 g/mol. The van der Waals surface area contributed by atoms with Crippen LogP contribution < -0.4 is 15.4 Å². The summed E-state index contributed by atoms with van der Waals surface area (Å²) >= 11 is 0. The number of unbranched alkanes of at least 4 members (excludes halogenated alkanes) is 1. The monoisotopic (exact) mass is 273 g/mol. The standard InChI is InChI=1S/C14H17N4O2/c1-3-5-8-16-18-17-14(19)12-10-11(15)6-7-13(12)20-9-4-2/h2,6-7,10H,3,5,8-9,15H2,1H3/q+1. The number of terminal acetylenes is 1. The number of ether oxygens (including phenoxy) is 1. The highest BCUT2D eigenvalue weighted by Crippen LogP contribution is 2.22. The van der Waals surface area contributed by atoms with Gasteiger partial charge >= 0.3 is 5.91 Å². The Morgan fingerprint density at radius 3 is 3.05 bits per heavy atom. The molecule has 6 nitrogen and oxygen atoms in total. The second-order valence-corrected chi connectivity index (χ2v) is 3.96. The second kappa shape index (κ2) is 8.46. The van der Waals surface area contributed by atoms with E-state index in [1.807, 2.05) is 6.92 Å². The lowest BCUT2D eigenvalue weighted by Crippen LogP contribution is -2.03. The van der Waals surface area contributed by atoms with E-state index in [0.717, 1.165) is 12.8 Å². The number of hydrogen-bond donors (Lipinski definition) is 1. The van der Waals surface area contributed by atoms with Crippen LogP contribution in [0.2, 0.25) is 0 Å². The summed E-state index contributed by atoms with van der Waals surface area (Å²) in [7, 11) is 0. The number of nitrogens with two attached hydrogens (primary N) is 1. The predicted octanol–water partition coefficient (Wildman–Crippen LogP) is 2.19. The maximum Gasteiger partial charge on any atom is 0.364 e. The average Bonchev–Trinajstić information content (AvgIpc) is 2.45. The lowest BCUT2D eigenvalue weighted by Gasteiger charge is -2.05. The van der Waals surface area contributed by atoms with Crippen LogP contribution in [0, 0.1) is 12.3 Å². The van der Waals surface area contributed by atoms with Gasteiger partial charge in [0.15, 0.2) is 0 Å². The van der Waals surface area contributed by atoms with E-state index in [2.05, 4.69) is 21.1 Å². The number of nitrogen functional groups attached to an aromatic ring is 1. The summed E-state index contributed by atoms with van der Waals surface area (Å²) in [4.78, 5) is 15.4. The van der Waals surface area contributed by atoms with Gasteiger partial charge in [0.05, 0.1) is 5.56 Å². The summed E-state index contributed by atoms with van der Waals surface area (Å²) in [6.45, 7) is 2.65. The molecule has 1 amide bonds. The summed E-state index contributed by atoms with van der Waals surface area (Å²) in [5, 5.41) is 7.28. The predicted molar refractivity (Wildman–Crippen MR) is 76.3 cm³/mol. The van der Waals surface area contributed by atoms with E-state index in [0.29, 0.717) is 18.0 Å². The van der Waals surface area contributed by atoms with Crippen LogP contribution in [0.15, 0.2) is 28.4 Å². The van der Waals surface area contributed by atoms with E-state index < -0.39 is 5.91 Å². The Morgan fingerprint density at radius 1 is 1.55 bits per heavy atom. The number of hydrogen-bond acceptors (Lipinski definition) is 4. The van der Waals surface area contributed by atoms with E-state index >= 15 is 0 Å². The SMILES string of the molecule is C#CCOc1ccc(N)cc1C(=O)N=[N+]=NCCCC. The minimum atomic E-state index is -0.565. The number of carbonyl (C=O) groups excluding carboxylic acids is 1. The van der Waals surface area contributed by atoms with E-state index in [1.54, 1.807) is 12.1 Å². The van der Waals surface area contributed by atoms with Gasteiger partial charge in [-0.3, -0.25) is 4.79 Å². The van der Waals surface area contributed by atoms with Crippen molar-refractivity contribution in [3.05, 3.63) is 23.8 Å². The van der Waals surface area contributed by atoms with Crippen molar-refractivity contribution < 1.29 is 9.53 Å². The summed E-state index contributed by atoms with van der Waals surface area (Å²) in [5.41, 5.74) is 6.29. The lowest BCUT2D eigenvalue weighted by molar-refractivity contribution is 0.0989. The van der Waals surface area contributed by atoms with Gasteiger partial charge in [0.2, 0.25) is 10.0 Å². The lowest BCUT2D eigenvalue weighted by atomic mass is 10.1. The molecule has 6 heteroatoms. The minimum Gasteiger partial charge on any atom is -0.480 e. The van der Waals surface area contributed by atoms with Crippen molar-refractivity contribution in [2.24, 2.45) is 10.2 Å². The van der Waals surface area contributed by atoms with Crippen LogP contribution in [-0.4, -0.2) is 19.1 Å². The van der Waals surface area contributed by atoms with Crippen molar-refractivity contribution >= 4 is 11.6 Å². The Morgan fingerprint density at radius 2 is 2.35 bits per heavy atom. The number of anilines is 1. The fourth-order valence-electron chi connectivity index (χ4n) is 1.36. The topological polar surface area (TPSA) is 91.1 Å². The van der Waals surface area contributed by atoms with Crippen molar-refractivity contribution in [2.75, 3.05) is 18.9 Å². The van der Waals surface area contributed by atoms with Gasteiger partial charge < -0.3 is 10.5 Å². The van der Waals surface area contributed by atoms with Crippen molar-refractivity contribution in [3.8, 4) is 18.1 Å². The maximum absolute atomic E-state index is 11.9. The molecule has 0 aliphatic rings. The normalized spacial score (nSPS) is 9.20. The summed E-state index contributed by atoms with van der Waals surface area (Å²) < 4.78 is 5.26. The number of nitrogens with zero attached hydrogens (tertiary/aromatic N) is 3. The molecule has 1 rings (SSSR count). The van der Waals surface area contributed by atoms with Crippen LogP contribution in [-0.2, 0) is 0 Å². The molecule has 1 aromatic rings. The molecule has 0 saturated heterocycles. The highest BCUT2D eigenvalue weighted by molar-refractivity contribution is 5.98. The van der Waals surface area contributed by atoms with Crippen LogP contribution in [0.1, 0.15) is 30.1 Å². The molecule has 0 atom stereocenters. The van der Waals surface area contributed by atoms with Crippen LogP contribution in [0.4, 0.5) is 5.69 Å². The highest BCUT2D eigenvalue weighted by atomic mass is 16.5. The zero-order chi connectivity index (χ0) is 14.8. The largest absolute Gasteiger partial charge is 0.480 e. The molecule has 0 heterocycles. The molecule has 20 heavy (non-hydrogen) atoms. The number of rotatable bonds is 6. The molecule has 0 bridgehead atoms. The third-order valence-electron chi connectivity index (χ3n) is 2.36. The summed E-state index contributed by atoms with van der Waals surface area (Å²) in [6, 6.07) is 4.66. The van der Waals surface area contributed by atoms with Gasteiger partial charge in [-0.25, -0.2) is 0 Å². The molecule has 0 aliphatic heterocycles. The number of amides is 1. The van der Waals surface area contributed by atoms with Gasteiger partial charge in [-0.2, -0.15) is 0 Å². The van der Waals surface area contributed by atoms with Gasteiger partial charge in [-0.1, -0.05) is 19.3 Å². The first-order valence-corrected chi connectivity index (χ1v) is 6.26. The smallest absolute Gasteiger partial charge is 0.364 e. The quantitative estimate of drug-likeness (QED) is 0.283. The molecule has 0 spiro atoms. The molecule has 2 N–H and O–H groups in total. The Balaban J connectivity index is 2.88. The summed E-state index contributed by atoms with van der Waals surface area (Å²) in [6.07, 6.45) is 7.03. The van der Waals surface area contributed by atoms with E-state index in [9.17, 15) is 4.79 Å². The zero-order valence-corrected chi connectivity index (χ0v) is 11.4. The Bertz CT molecular complexity index is 569. The van der Waals surface area contributed by atoms with Gasteiger partial charge in [-0.05, 0) is 24.6 Å². The molecule has 0 fully saturated rings. The van der Waals surface area contributed by atoms with Crippen molar-refractivity contribution in [1.29, 1.82) is 0 Å². The number of carbonyl (C=O) groups is 1. The zero-order valence-electron chi connectivity index (χ0n) is 11.4. The van der Waals surface area contributed by atoms with Gasteiger partial charge in [0.25, 0.3) is 0 Å². The molecule has 0 unspecified atom stereocenters. The molecule has 0 saturated carbocycles. The Hall–Kier alpha value is -2.64. The molecule has 0 aliphatic carbocycles. The van der Waals surface area contributed by atoms with Gasteiger partial charge in [-0.15, -0.1) is 6.42 Å². The van der Waals surface area contributed by atoms with Gasteiger partial charge in [0, 0.05) is 5.69 Å². The van der Waals surface area contributed by atoms with Crippen LogP contribution >= 0.6 is 0 Å². The Kier molecular flexibility index (Phi) is 6.52. The molecule has 0 aromatic heterocycles. The van der Waals surface area contributed by atoms with E-state index in [4.69, 9.17) is 16.9 Å². The third-order valence-corrected chi connectivity index (χ3v) is 2.36. The van der Waals surface area contributed by atoms with Crippen LogP contribution in [0.5, 0.6) is 5.75 Å². The second-order valence-electron chi connectivity index (χ2n) is 3.96.